The molecule has 1 unspecified atom stereocenters. The summed E-state index contributed by atoms with van der Waals surface area (Å²) in [6.07, 6.45) is 1.11. The summed E-state index contributed by atoms with van der Waals surface area (Å²) in [6.45, 7) is 2.21. The maximum Gasteiger partial charge on any atom is 0.144 e. The summed E-state index contributed by atoms with van der Waals surface area (Å²) in [4.78, 5) is 0. The molecule has 2 nitrogen and oxygen atoms in total. The first-order valence-corrected chi connectivity index (χ1v) is 5.70. The molecule has 1 aromatic carbocycles. The minimum Gasteiger partial charge on any atom is -0.396 e. The van der Waals surface area contributed by atoms with Crippen molar-refractivity contribution in [3.8, 4) is 0 Å². The van der Waals surface area contributed by atoms with E-state index in [1.807, 2.05) is 6.92 Å². The van der Waals surface area contributed by atoms with Crippen LogP contribution in [0, 0.1) is 11.2 Å². The molecule has 0 spiro atoms. The Morgan fingerprint density at radius 2 is 2.19 bits per heavy atom. The van der Waals surface area contributed by atoms with Crippen LogP contribution in [0.25, 0.3) is 0 Å². The minimum atomic E-state index is -0.453. The Morgan fingerprint density at radius 3 is 2.69 bits per heavy atom. The molecule has 0 amide bonds. The van der Waals surface area contributed by atoms with Crippen LogP contribution in [0.1, 0.15) is 18.9 Å². The van der Waals surface area contributed by atoms with E-state index in [0.29, 0.717) is 24.9 Å². The lowest BCUT2D eigenvalue weighted by molar-refractivity contribution is 0.126. The highest BCUT2D eigenvalue weighted by Crippen LogP contribution is 2.28. The summed E-state index contributed by atoms with van der Waals surface area (Å²) in [5.41, 5.74) is 5.70. The summed E-state index contributed by atoms with van der Waals surface area (Å²) in [5, 5.41) is 9.47. The highest BCUT2D eigenvalue weighted by atomic mass is 35.5. The molecule has 0 heterocycles. The van der Waals surface area contributed by atoms with Crippen molar-refractivity contribution >= 4 is 11.6 Å². The van der Waals surface area contributed by atoms with Gasteiger partial charge in [-0.15, -0.1) is 0 Å². The maximum absolute atomic E-state index is 13.7. The Balaban J connectivity index is 2.98. The Kier molecular flexibility index (Phi) is 4.71. The average molecular weight is 246 g/mol. The van der Waals surface area contributed by atoms with Crippen LogP contribution in [-0.4, -0.2) is 18.3 Å². The zero-order valence-electron chi connectivity index (χ0n) is 9.34. The van der Waals surface area contributed by atoms with Crippen LogP contribution in [0.15, 0.2) is 18.2 Å². The fourth-order valence-corrected chi connectivity index (χ4v) is 1.86. The molecule has 0 radical (unpaired) electrons. The molecule has 0 aromatic heterocycles. The van der Waals surface area contributed by atoms with Gasteiger partial charge in [0, 0.05) is 12.0 Å². The van der Waals surface area contributed by atoms with Crippen molar-refractivity contribution < 1.29 is 9.50 Å². The summed E-state index contributed by atoms with van der Waals surface area (Å²) in [5.74, 6) is -0.413. The topological polar surface area (TPSA) is 46.2 Å². The number of halogens is 2. The third kappa shape index (κ3) is 2.73. The van der Waals surface area contributed by atoms with Crippen LogP contribution in [0.2, 0.25) is 5.02 Å². The van der Waals surface area contributed by atoms with Crippen LogP contribution < -0.4 is 5.73 Å². The van der Waals surface area contributed by atoms with Gasteiger partial charge in [-0.1, -0.05) is 30.7 Å². The smallest absolute Gasteiger partial charge is 0.144 e. The van der Waals surface area contributed by atoms with Gasteiger partial charge in [0.05, 0.1) is 11.6 Å². The molecule has 1 atom stereocenters. The lowest BCUT2D eigenvalue weighted by Gasteiger charge is -2.29. The van der Waals surface area contributed by atoms with Gasteiger partial charge in [-0.3, -0.25) is 0 Å². The van der Waals surface area contributed by atoms with E-state index in [4.69, 9.17) is 17.3 Å². The molecule has 0 saturated carbocycles. The Bertz CT molecular complexity index is 345. The zero-order valence-corrected chi connectivity index (χ0v) is 10.1. The molecule has 0 saturated heterocycles. The van der Waals surface area contributed by atoms with E-state index in [-0.39, 0.29) is 11.6 Å². The average Bonchev–Trinajstić information content (AvgIpc) is 2.32. The van der Waals surface area contributed by atoms with Gasteiger partial charge in [0.15, 0.2) is 0 Å². The van der Waals surface area contributed by atoms with Crippen molar-refractivity contribution in [2.45, 2.75) is 19.8 Å². The number of hydrogen-bond acceptors (Lipinski definition) is 2. The van der Waals surface area contributed by atoms with Gasteiger partial charge in [0.25, 0.3) is 0 Å². The number of hydrogen-bond donors (Lipinski definition) is 2. The normalized spacial score (nSPS) is 14.8. The molecule has 0 aliphatic carbocycles. The molecular weight excluding hydrogens is 229 g/mol. The first-order chi connectivity index (χ1) is 7.58. The molecule has 1 aromatic rings. The van der Waals surface area contributed by atoms with E-state index in [9.17, 15) is 9.50 Å². The first-order valence-electron chi connectivity index (χ1n) is 5.32. The number of rotatable bonds is 5. The van der Waals surface area contributed by atoms with Gasteiger partial charge in [0.2, 0.25) is 0 Å². The summed E-state index contributed by atoms with van der Waals surface area (Å²) < 4.78 is 13.7. The van der Waals surface area contributed by atoms with Gasteiger partial charge < -0.3 is 10.8 Å². The summed E-state index contributed by atoms with van der Waals surface area (Å²) in [6, 6.07) is 4.89. The third-order valence-electron chi connectivity index (χ3n) is 3.12. The van der Waals surface area contributed by atoms with Gasteiger partial charge in [-0.2, -0.15) is 0 Å². The highest BCUT2D eigenvalue weighted by molar-refractivity contribution is 6.30. The van der Waals surface area contributed by atoms with Crippen molar-refractivity contribution in [3.63, 3.8) is 0 Å². The lowest BCUT2D eigenvalue weighted by Crippen LogP contribution is -2.36. The standard InChI is InChI=1S/C12H17ClFNO/c1-2-12(7-15,8-16)6-9-4-3-5-10(13)11(9)14/h3-5,16H,2,6-8,15H2,1H3. The van der Waals surface area contributed by atoms with Gasteiger partial charge in [-0.05, 0) is 24.5 Å². The van der Waals surface area contributed by atoms with Crippen molar-refractivity contribution in [1.82, 2.24) is 0 Å². The molecule has 0 bridgehead atoms. The number of nitrogens with two attached hydrogens (primary N) is 1. The van der Waals surface area contributed by atoms with E-state index in [0.717, 1.165) is 0 Å². The molecular formula is C12H17ClFNO. The molecule has 90 valence electrons. The molecule has 0 aliphatic rings. The second-order valence-electron chi connectivity index (χ2n) is 4.11. The lowest BCUT2D eigenvalue weighted by atomic mass is 9.80. The predicted molar refractivity (Wildman–Crippen MR) is 64.0 cm³/mol. The van der Waals surface area contributed by atoms with E-state index < -0.39 is 11.2 Å². The second-order valence-corrected chi connectivity index (χ2v) is 4.51. The minimum absolute atomic E-state index is 0.0496. The maximum atomic E-state index is 13.7. The molecule has 0 aliphatic heterocycles. The highest BCUT2D eigenvalue weighted by Gasteiger charge is 2.27. The van der Waals surface area contributed by atoms with Crippen LogP contribution in [0.3, 0.4) is 0 Å². The molecule has 0 fully saturated rings. The molecule has 4 heteroatoms. The van der Waals surface area contributed by atoms with E-state index in [1.165, 1.54) is 6.07 Å². The molecule has 1 rings (SSSR count). The quantitative estimate of drug-likeness (QED) is 0.837. The number of aliphatic hydroxyl groups excluding tert-OH is 1. The fourth-order valence-electron chi connectivity index (χ4n) is 1.66. The van der Waals surface area contributed by atoms with Crippen LogP contribution in [0.5, 0.6) is 0 Å². The Hall–Kier alpha value is -0.640. The van der Waals surface area contributed by atoms with E-state index in [2.05, 4.69) is 0 Å². The summed E-state index contributed by atoms with van der Waals surface area (Å²) in [7, 11) is 0. The molecule has 3 N–H and O–H groups in total. The van der Waals surface area contributed by atoms with Crippen molar-refractivity contribution in [3.05, 3.63) is 34.6 Å². The van der Waals surface area contributed by atoms with E-state index >= 15 is 0 Å². The van der Waals surface area contributed by atoms with Gasteiger partial charge >= 0.3 is 0 Å². The van der Waals surface area contributed by atoms with Gasteiger partial charge in [0.1, 0.15) is 5.82 Å². The van der Waals surface area contributed by atoms with Crippen molar-refractivity contribution in [2.24, 2.45) is 11.1 Å². The largest absolute Gasteiger partial charge is 0.396 e. The SMILES string of the molecule is CCC(CN)(CO)Cc1cccc(Cl)c1F. The third-order valence-corrected chi connectivity index (χ3v) is 3.41. The first kappa shape index (κ1) is 13.4. The van der Waals surface area contributed by atoms with E-state index in [1.54, 1.807) is 12.1 Å². The molecule has 16 heavy (non-hydrogen) atoms. The monoisotopic (exact) mass is 245 g/mol. The predicted octanol–water partition coefficient (Wildman–Crippen LogP) is 2.37. The number of benzene rings is 1. The van der Waals surface area contributed by atoms with Gasteiger partial charge in [-0.25, -0.2) is 4.39 Å². The fraction of sp³-hybridized carbons (Fsp3) is 0.500. The van der Waals surface area contributed by atoms with Crippen LogP contribution in [0.4, 0.5) is 4.39 Å². The Labute approximate surface area is 100 Å². The van der Waals surface area contributed by atoms with Crippen molar-refractivity contribution in [1.29, 1.82) is 0 Å². The Morgan fingerprint density at radius 1 is 1.50 bits per heavy atom. The number of aliphatic hydroxyl groups is 1. The van der Waals surface area contributed by atoms with Crippen LogP contribution in [-0.2, 0) is 6.42 Å². The second kappa shape index (κ2) is 5.62. The summed E-state index contributed by atoms with van der Waals surface area (Å²) >= 11 is 5.70. The zero-order chi connectivity index (χ0) is 12.2. The van der Waals surface area contributed by atoms with Crippen molar-refractivity contribution in [2.75, 3.05) is 13.2 Å². The van der Waals surface area contributed by atoms with Crippen LogP contribution >= 0.6 is 11.6 Å².